The fourth-order valence-electron chi connectivity index (χ4n) is 1.48. The Balaban J connectivity index is 2.11. The zero-order valence-corrected chi connectivity index (χ0v) is 10.3. The van der Waals surface area contributed by atoms with E-state index in [-0.39, 0.29) is 6.04 Å². The largest absolute Gasteiger partial charge is 0.423 e. The molecule has 2 rings (SSSR count). The summed E-state index contributed by atoms with van der Waals surface area (Å²) in [5.74, 6) is 1.05. The van der Waals surface area contributed by atoms with Crippen molar-refractivity contribution in [3.63, 3.8) is 0 Å². The molecule has 4 nitrogen and oxygen atoms in total. The SMILES string of the molecule is CCC(N)c1nnc(Cc2cccc(Cl)c2)o1. The van der Waals surface area contributed by atoms with Crippen molar-refractivity contribution in [3.05, 3.63) is 46.6 Å². The van der Waals surface area contributed by atoms with Gasteiger partial charge in [-0.05, 0) is 24.1 Å². The van der Waals surface area contributed by atoms with Gasteiger partial charge in [0, 0.05) is 5.02 Å². The summed E-state index contributed by atoms with van der Waals surface area (Å²) in [7, 11) is 0. The Morgan fingerprint density at radius 2 is 2.24 bits per heavy atom. The first kappa shape index (κ1) is 12.1. The van der Waals surface area contributed by atoms with Crippen molar-refractivity contribution in [1.29, 1.82) is 0 Å². The van der Waals surface area contributed by atoms with Gasteiger partial charge in [0.2, 0.25) is 11.8 Å². The van der Waals surface area contributed by atoms with E-state index in [2.05, 4.69) is 10.2 Å². The van der Waals surface area contributed by atoms with E-state index in [9.17, 15) is 0 Å². The van der Waals surface area contributed by atoms with Crippen LogP contribution in [0.2, 0.25) is 5.02 Å². The first-order valence-electron chi connectivity index (χ1n) is 5.51. The van der Waals surface area contributed by atoms with Crippen molar-refractivity contribution in [2.45, 2.75) is 25.8 Å². The molecule has 0 bridgehead atoms. The normalized spacial score (nSPS) is 12.6. The highest BCUT2D eigenvalue weighted by Gasteiger charge is 2.12. The molecular weight excluding hydrogens is 238 g/mol. The molecule has 0 amide bonds. The summed E-state index contributed by atoms with van der Waals surface area (Å²) in [6.07, 6.45) is 1.35. The molecule has 1 heterocycles. The molecule has 0 aliphatic heterocycles. The highest BCUT2D eigenvalue weighted by atomic mass is 35.5. The van der Waals surface area contributed by atoms with Crippen molar-refractivity contribution in [3.8, 4) is 0 Å². The van der Waals surface area contributed by atoms with E-state index < -0.39 is 0 Å². The van der Waals surface area contributed by atoms with Gasteiger partial charge in [0.1, 0.15) is 0 Å². The van der Waals surface area contributed by atoms with Crippen molar-refractivity contribution in [1.82, 2.24) is 10.2 Å². The maximum Gasteiger partial charge on any atom is 0.233 e. The Kier molecular flexibility index (Phi) is 3.76. The molecule has 90 valence electrons. The topological polar surface area (TPSA) is 64.9 Å². The summed E-state index contributed by atoms with van der Waals surface area (Å²) < 4.78 is 5.49. The molecule has 0 fully saturated rings. The van der Waals surface area contributed by atoms with Crippen molar-refractivity contribution >= 4 is 11.6 Å². The fourth-order valence-corrected chi connectivity index (χ4v) is 1.70. The van der Waals surface area contributed by atoms with Crippen molar-refractivity contribution < 1.29 is 4.42 Å². The predicted octanol–water partition coefficient (Wildman–Crippen LogP) is 2.72. The van der Waals surface area contributed by atoms with Crippen LogP contribution in [0.25, 0.3) is 0 Å². The average Bonchev–Trinajstić information content (AvgIpc) is 2.76. The van der Waals surface area contributed by atoms with Crippen LogP contribution in [0.5, 0.6) is 0 Å². The van der Waals surface area contributed by atoms with Crippen LogP contribution >= 0.6 is 11.6 Å². The summed E-state index contributed by atoms with van der Waals surface area (Å²) in [4.78, 5) is 0. The van der Waals surface area contributed by atoms with Crippen molar-refractivity contribution in [2.75, 3.05) is 0 Å². The minimum Gasteiger partial charge on any atom is -0.423 e. The molecule has 0 aliphatic carbocycles. The Bertz CT molecular complexity index is 498. The number of benzene rings is 1. The van der Waals surface area contributed by atoms with E-state index >= 15 is 0 Å². The summed E-state index contributed by atoms with van der Waals surface area (Å²) in [6, 6.07) is 7.39. The number of nitrogens with zero attached hydrogens (tertiary/aromatic N) is 2. The molecule has 0 spiro atoms. The molecular formula is C12H14ClN3O. The van der Waals surface area contributed by atoms with E-state index in [4.69, 9.17) is 21.8 Å². The second kappa shape index (κ2) is 5.29. The lowest BCUT2D eigenvalue weighted by atomic mass is 10.1. The van der Waals surface area contributed by atoms with Crippen LogP contribution in [0.15, 0.2) is 28.7 Å². The van der Waals surface area contributed by atoms with E-state index in [1.54, 1.807) is 0 Å². The van der Waals surface area contributed by atoms with E-state index in [1.807, 2.05) is 31.2 Å². The van der Waals surface area contributed by atoms with Gasteiger partial charge in [0.15, 0.2) is 0 Å². The molecule has 1 aromatic carbocycles. The molecule has 2 aromatic rings. The van der Waals surface area contributed by atoms with Crippen LogP contribution in [0.4, 0.5) is 0 Å². The Morgan fingerprint density at radius 3 is 2.94 bits per heavy atom. The van der Waals surface area contributed by atoms with Crippen LogP contribution in [0, 0.1) is 0 Å². The lowest BCUT2D eigenvalue weighted by Crippen LogP contribution is -2.08. The minimum atomic E-state index is -0.185. The third-order valence-corrected chi connectivity index (χ3v) is 2.72. The number of halogens is 1. The number of rotatable bonds is 4. The first-order valence-corrected chi connectivity index (χ1v) is 5.89. The second-order valence-corrected chi connectivity index (χ2v) is 4.29. The molecule has 1 aromatic heterocycles. The zero-order chi connectivity index (χ0) is 12.3. The molecule has 5 heteroatoms. The summed E-state index contributed by atoms with van der Waals surface area (Å²) in [5, 5.41) is 8.60. The molecule has 0 aliphatic rings. The molecule has 0 saturated heterocycles. The third kappa shape index (κ3) is 3.05. The quantitative estimate of drug-likeness (QED) is 0.907. The van der Waals surface area contributed by atoms with E-state index in [0.717, 1.165) is 12.0 Å². The highest BCUT2D eigenvalue weighted by Crippen LogP contribution is 2.16. The van der Waals surface area contributed by atoms with Gasteiger partial charge in [0.25, 0.3) is 0 Å². The summed E-state index contributed by atoms with van der Waals surface area (Å²) in [5.41, 5.74) is 6.85. The van der Waals surface area contributed by atoms with Crippen LogP contribution in [0.1, 0.15) is 36.7 Å². The lowest BCUT2D eigenvalue weighted by Gasteiger charge is -2.00. The van der Waals surface area contributed by atoms with Crippen molar-refractivity contribution in [2.24, 2.45) is 5.73 Å². The average molecular weight is 252 g/mol. The van der Waals surface area contributed by atoms with Crippen LogP contribution in [0.3, 0.4) is 0 Å². The number of nitrogens with two attached hydrogens (primary N) is 1. The number of hydrogen-bond donors (Lipinski definition) is 1. The predicted molar refractivity (Wildman–Crippen MR) is 65.8 cm³/mol. The highest BCUT2D eigenvalue weighted by molar-refractivity contribution is 6.30. The number of aromatic nitrogens is 2. The van der Waals surface area contributed by atoms with Gasteiger partial charge in [-0.2, -0.15) is 0 Å². The van der Waals surface area contributed by atoms with Gasteiger partial charge < -0.3 is 10.2 Å². The van der Waals surface area contributed by atoms with Gasteiger partial charge in [-0.25, -0.2) is 0 Å². The molecule has 1 atom stereocenters. The van der Waals surface area contributed by atoms with Gasteiger partial charge in [-0.1, -0.05) is 30.7 Å². The smallest absolute Gasteiger partial charge is 0.233 e. The molecule has 0 radical (unpaired) electrons. The Hall–Kier alpha value is -1.39. The van der Waals surface area contributed by atoms with Gasteiger partial charge in [0.05, 0.1) is 12.5 Å². The van der Waals surface area contributed by atoms with E-state index in [0.29, 0.717) is 23.2 Å². The minimum absolute atomic E-state index is 0.185. The Labute approximate surface area is 105 Å². The lowest BCUT2D eigenvalue weighted by molar-refractivity contribution is 0.418. The molecule has 1 unspecified atom stereocenters. The maximum atomic E-state index is 5.90. The molecule has 2 N–H and O–H groups in total. The second-order valence-electron chi connectivity index (χ2n) is 3.86. The third-order valence-electron chi connectivity index (χ3n) is 2.48. The fraction of sp³-hybridized carbons (Fsp3) is 0.333. The maximum absolute atomic E-state index is 5.90. The first-order chi connectivity index (χ1) is 8.19. The monoisotopic (exact) mass is 251 g/mol. The van der Waals surface area contributed by atoms with Crippen LogP contribution < -0.4 is 5.73 Å². The van der Waals surface area contributed by atoms with Gasteiger partial charge in [-0.15, -0.1) is 10.2 Å². The summed E-state index contributed by atoms with van der Waals surface area (Å²) >= 11 is 5.90. The molecule has 0 saturated carbocycles. The van der Waals surface area contributed by atoms with E-state index in [1.165, 1.54) is 0 Å². The standard InChI is InChI=1S/C12H14ClN3O/c1-2-10(14)12-16-15-11(17-12)7-8-4-3-5-9(13)6-8/h3-6,10H,2,7,14H2,1H3. The van der Waals surface area contributed by atoms with Crippen LogP contribution in [-0.2, 0) is 6.42 Å². The summed E-state index contributed by atoms with van der Waals surface area (Å²) in [6.45, 7) is 1.98. The van der Waals surface area contributed by atoms with Gasteiger partial charge in [-0.3, -0.25) is 0 Å². The Morgan fingerprint density at radius 1 is 1.41 bits per heavy atom. The van der Waals surface area contributed by atoms with Gasteiger partial charge >= 0.3 is 0 Å². The van der Waals surface area contributed by atoms with Crippen LogP contribution in [-0.4, -0.2) is 10.2 Å². The molecule has 17 heavy (non-hydrogen) atoms. The number of hydrogen-bond acceptors (Lipinski definition) is 4. The zero-order valence-electron chi connectivity index (χ0n) is 9.56.